The lowest BCUT2D eigenvalue weighted by atomic mass is 9.55. The van der Waals surface area contributed by atoms with Crippen LogP contribution in [0.1, 0.15) is 45.4 Å². The highest BCUT2D eigenvalue weighted by Gasteiger charge is 2.58. The molecule has 1 aromatic rings. The summed E-state index contributed by atoms with van der Waals surface area (Å²) in [5.41, 5.74) is -0.848. The maximum Gasteiger partial charge on any atom is 0.191 e. The Morgan fingerprint density at radius 2 is 2.32 bits per heavy atom. The summed E-state index contributed by atoms with van der Waals surface area (Å²) >= 11 is 1.56. The molecule has 140 valence electrons. The molecule has 3 rings (SSSR count). The van der Waals surface area contributed by atoms with Crippen molar-refractivity contribution in [3.8, 4) is 0 Å². The Hall–Kier alpha value is -1.11. The fourth-order valence-corrected chi connectivity index (χ4v) is 4.96. The zero-order valence-electron chi connectivity index (χ0n) is 15.7. The van der Waals surface area contributed by atoms with Crippen molar-refractivity contribution in [2.75, 3.05) is 19.7 Å². The molecule has 0 amide bonds. The van der Waals surface area contributed by atoms with Crippen LogP contribution in [-0.4, -0.2) is 42.9 Å². The normalized spacial score (nSPS) is 30.8. The van der Waals surface area contributed by atoms with Crippen LogP contribution in [0.3, 0.4) is 0 Å². The maximum atomic E-state index is 10.7. The van der Waals surface area contributed by atoms with Gasteiger partial charge in [0.05, 0.1) is 12.6 Å². The van der Waals surface area contributed by atoms with Gasteiger partial charge in [-0.3, -0.25) is 0 Å². The fraction of sp³-hybridized carbons (Fsp3) is 0.737. The van der Waals surface area contributed by atoms with Crippen LogP contribution < -0.4 is 10.6 Å². The van der Waals surface area contributed by atoms with E-state index in [0.717, 1.165) is 30.4 Å². The summed E-state index contributed by atoms with van der Waals surface area (Å²) in [6.07, 6.45) is 2.68. The van der Waals surface area contributed by atoms with Crippen molar-refractivity contribution in [2.45, 2.75) is 58.3 Å². The molecule has 2 aliphatic rings. The monoisotopic (exact) mass is 365 g/mol. The smallest absolute Gasteiger partial charge is 0.191 e. The minimum absolute atomic E-state index is 0.0948. The van der Waals surface area contributed by atoms with E-state index in [9.17, 15) is 5.11 Å². The highest BCUT2D eigenvalue weighted by atomic mass is 32.1. The van der Waals surface area contributed by atoms with E-state index < -0.39 is 5.60 Å². The number of aliphatic hydroxyl groups is 1. The summed E-state index contributed by atoms with van der Waals surface area (Å²) in [6, 6.07) is 4.27. The molecule has 0 radical (unpaired) electrons. The molecule has 1 aliphatic carbocycles. The topological polar surface area (TPSA) is 65.9 Å². The second kappa shape index (κ2) is 7.25. The number of guanidine groups is 1. The van der Waals surface area contributed by atoms with Gasteiger partial charge in [0.2, 0.25) is 0 Å². The van der Waals surface area contributed by atoms with Crippen LogP contribution in [0, 0.1) is 11.3 Å². The summed E-state index contributed by atoms with van der Waals surface area (Å²) in [5, 5.41) is 19.6. The molecule has 1 aromatic heterocycles. The molecule has 3 N–H and O–H groups in total. The Balaban J connectivity index is 1.69. The number of hydrogen-bond acceptors (Lipinski definition) is 4. The third-order valence-electron chi connectivity index (χ3n) is 5.56. The molecular weight excluding hydrogens is 334 g/mol. The second-order valence-corrected chi connectivity index (χ2v) is 8.93. The van der Waals surface area contributed by atoms with Crippen LogP contribution >= 0.6 is 11.3 Å². The number of nitrogens with zero attached hydrogens (tertiary/aromatic N) is 1. The van der Waals surface area contributed by atoms with E-state index in [2.05, 4.69) is 36.4 Å². The molecule has 1 saturated heterocycles. The van der Waals surface area contributed by atoms with Gasteiger partial charge in [-0.2, -0.15) is 0 Å². The lowest BCUT2D eigenvalue weighted by Crippen LogP contribution is -2.71. The molecule has 1 saturated carbocycles. The third kappa shape index (κ3) is 3.71. The number of rotatable bonds is 5. The first-order chi connectivity index (χ1) is 11.9. The van der Waals surface area contributed by atoms with Gasteiger partial charge < -0.3 is 20.5 Å². The molecule has 25 heavy (non-hydrogen) atoms. The minimum atomic E-state index is -0.942. The fourth-order valence-electron chi connectivity index (χ4n) is 4.18. The first kappa shape index (κ1) is 18.7. The number of ether oxygens (including phenoxy) is 1. The van der Waals surface area contributed by atoms with E-state index in [-0.39, 0.29) is 5.41 Å². The van der Waals surface area contributed by atoms with E-state index in [1.807, 2.05) is 24.4 Å². The second-order valence-electron chi connectivity index (χ2n) is 7.99. The first-order valence-electron chi connectivity index (χ1n) is 9.29. The molecule has 2 fully saturated rings. The van der Waals surface area contributed by atoms with Gasteiger partial charge in [0.1, 0.15) is 5.60 Å². The molecular formula is C19H31N3O2S. The quantitative estimate of drug-likeness (QED) is 0.554. The number of nitrogens with one attached hydrogen (secondary N) is 2. The molecule has 1 aliphatic heterocycles. The van der Waals surface area contributed by atoms with Crippen LogP contribution in [0.25, 0.3) is 0 Å². The van der Waals surface area contributed by atoms with E-state index in [0.29, 0.717) is 24.6 Å². The van der Waals surface area contributed by atoms with Gasteiger partial charge in [-0.15, -0.1) is 11.3 Å². The van der Waals surface area contributed by atoms with Crippen molar-refractivity contribution in [1.29, 1.82) is 0 Å². The van der Waals surface area contributed by atoms with Gasteiger partial charge in [-0.05, 0) is 38.1 Å². The molecule has 0 aromatic carbocycles. The van der Waals surface area contributed by atoms with Crippen LogP contribution in [0.2, 0.25) is 0 Å². The summed E-state index contributed by atoms with van der Waals surface area (Å²) in [4.78, 5) is 5.62. The summed E-state index contributed by atoms with van der Waals surface area (Å²) in [6.45, 7) is 10.4. The van der Waals surface area contributed by atoms with Crippen LogP contribution in [-0.2, 0) is 10.3 Å². The van der Waals surface area contributed by atoms with Gasteiger partial charge in [0.25, 0.3) is 0 Å². The molecule has 0 spiro atoms. The molecule has 5 nitrogen and oxygen atoms in total. The van der Waals surface area contributed by atoms with E-state index in [1.54, 1.807) is 11.3 Å². The van der Waals surface area contributed by atoms with Gasteiger partial charge >= 0.3 is 0 Å². The Morgan fingerprint density at radius 3 is 3.00 bits per heavy atom. The summed E-state index contributed by atoms with van der Waals surface area (Å²) < 4.78 is 5.99. The largest absolute Gasteiger partial charge is 0.383 e. The summed E-state index contributed by atoms with van der Waals surface area (Å²) in [7, 11) is 0. The number of thiophene rings is 1. The lowest BCUT2D eigenvalue weighted by Gasteiger charge is -2.60. The van der Waals surface area contributed by atoms with Crippen molar-refractivity contribution in [3.05, 3.63) is 22.4 Å². The number of fused-ring (bicyclic) bond motifs is 1. The average Bonchev–Trinajstić information content (AvgIpc) is 3.13. The highest BCUT2D eigenvalue weighted by Crippen LogP contribution is 2.51. The molecule has 6 heteroatoms. The highest BCUT2D eigenvalue weighted by molar-refractivity contribution is 7.10. The van der Waals surface area contributed by atoms with Crippen molar-refractivity contribution in [1.82, 2.24) is 10.6 Å². The average molecular weight is 366 g/mol. The first-order valence-corrected chi connectivity index (χ1v) is 10.2. The molecule has 4 atom stereocenters. The lowest BCUT2D eigenvalue weighted by molar-refractivity contribution is -0.188. The van der Waals surface area contributed by atoms with Crippen LogP contribution in [0.15, 0.2) is 22.5 Å². The SMILES string of the molecule is CCNC(=NCC(C)(O)c1cccs1)NC1C2CCCOC2C1(C)C. The number of hydrogen-bond donors (Lipinski definition) is 3. The van der Waals surface area contributed by atoms with Gasteiger partial charge in [0, 0.05) is 35.4 Å². The zero-order valence-corrected chi connectivity index (χ0v) is 16.5. The van der Waals surface area contributed by atoms with Crippen molar-refractivity contribution in [3.63, 3.8) is 0 Å². The van der Waals surface area contributed by atoms with E-state index in [4.69, 9.17) is 4.74 Å². The predicted molar refractivity (Wildman–Crippen MR) is 103 cm³/mol. The van der Waals surface area contributed by atoms with Gasteiger partial charge in [0.15, 0.2) is 5.96 Å². The van der Waals surface area contributed by atoms with Crippen molar-refractivity contribution < 1.29 is 9.84 Å². The Morgan fingerprint density at radius 1 is 1.52 bits per heavy atom. The van der Waals surface area contributed by atoms with E-state index in [1.165, 1.54) is 6.42 Å². The Labute approximate surface area is 154 Å². The van der Waals surface area contributed by atoms with Crippen LogP contribution in [0.4, 0.5) is 0 Å². The minimum Gasteiger partial charge on any atom is -0.383 e. The summed E-state index contributed by atoms with van der Waals surface area (Å²) in [5.74, 6) is 1.33. The van der Waals surface area contributed by atoms with Gasteiger partial charge in [-0.1, -0.05) is 19.9 Å². The maximum absolute atomic E-state index is 10.7. The van der Waals surface area contributed by atoms with Gasteiger partial charge in [-0.25, -0.2) is 4.99 Å². The van der Waals surface area contributed by atoms with E-state index >= 15 is 0 Å². The molecule has 4 unspecified atom stereocenters. The standard InChI is InChI=1S/C19H31N3O2S/c1-5-20-17(21-12-19(4,23)14-9-7-11-25-14)22-15-13-8-6-10-24-16(13)18(15,2)3/h7,9,11,13,15-16,23H,5-6,8,10,12H2,1-4H3,(H2,20,21,22). The Bertz CT molecular complexity index is 598. The zero-order chi connectivity index (χ0) is 18.1. The van der Waals surface area contributed by atoms with Crippen molar-refractivity contribution in [2.24, 2.45) is 16.3 Å². The third-order valence-corrected chi connectivity index (χ3v) is 6.69. The predicted octanol–water partition coefficient (Wildman–Crippen LogP) is 2.71. The Kier molecular flexibility index (Phi) is 5.42. The molecule has 0 bridgehead atoms. The number of aliphatic imine (C=N–C) groups is 1. The van der Waals surface area contributed by atoms with Crippen molar-refractivity contribution >= 4 is 17.3 Å². The molecule has 2 heterocycles. The van der Waals surface area contributed by atoms with Crippen LogP contribution in [0.5, 0.6) is 0 Å².